The maximum atomic E-state index is 5.80. The predicted molar refractivity (Wildman–Crippen MR) is 87.8 cm³/mol. The summed E-state index contributed by atoms with van der Waals surface area (Å²) in [6.07, 6.45) is 1.70. The second kappa shape index (κ2) is 5.15. The lowest BCUT2D eigenvalue weighted by molar-refractivity contribution is 1.26. The molecule has 20 heavy (non-hydrogen) atoms. The van der Waals surface area contributed by atoms with Gasteiger partial charge in [-0.3, -0.25) is 4.98 Å². The van der Waals surface area contributed by atoms with E-state index in [1.807, 2.05) is 36.6 Å². The highest BCUT2D eigenvalue weighted by atomic mass is 32.1. The second-order valence-electron chi connectivity index (χ2n) is 4.35. The van der Waals surface area contributed by atoms with E-state index in [1.54, 1.807) is 17.5 Å². The Labute approximate surface area is 125 Å². The van der Waals surface area contributed by atoms with Gasteiger partial charge >= 0.3 is 0 Å². The number of hydrogen-bond acceptors (Lipinski definition) is 5. The van der Waals surface area contributed by atoms with Gasteiger partial charge in [-0.25, -0.2) is 4.98 Å². The first-order chi connectivity index (χ1) is 9.65. The summed E-state index contributed by atoms with van der Waals surface area (Å²) in [6, 6.07) is 7.86. The quantitative estimate of drug-likeness (QED) is 0.726. The number of hydrogen-bond donors (Lipinski definition) is 2. The van der Waals surface area contributed by atoms with Crippen molar-refractivity contribution in [3.8, 4) is 0 Å². The molecule has 6 heteroatoms. The minimum atomic E-state index is 0.319. The maximum absolute atomic E-state index is 5.80. The largest absolute Gasteiger partial charge is 0.389 e. The molecule has 2 aromatic heterocycles. The van der Waals surface area contributed by atoms with Crippen molar-refractivity contribution in [1.29, 1.82) is 0 Å². The van der Waals surface area contributed by atoms with Crippen LogP contribution in [-0.2, 0) is 0 Å². The highest BCUT2D eigenvalue weighted by molar-refractivity contribution is 7.80. The molecule has 0 bridgehead atoms. The molecule has 100 valence electrons. The highest BCUT2D eigenvalue weighted by Gasteiger charge is 2.12. The van der Waals surface area contributed by atoms with Gasteiger partial charge in [0.2, 0.25) is 0 Å². The van der Waals surface area contributed by atoms with E-state index < -0.39 is 0 Å². The molecule has 0 aliphatic rings. The topological polar surface area (TPSA) is 63.8 Å². The van der Waals surface area contributed by atoms with Gasteiger partial charge in [0, 0.05) is 17.0 Å². The summed E-state index contributed by atoms with van der Waals surface area (Å²) >= 11 is 6.66. The predicted octanol–water partition coefficient (Wildman–Crippen LogP) is 3.38. The Kier molecular flexibility index (Phi) is 3.33. The number of nitrogens with one attached hydrogen (secondary N) is 1. The van der Waals surface area contributed by atoms with Crippen molar-refractivity contribution in [2.75, 3.05) is 5.32 Å². The Bertz CT molecular complexity index is 795. The van der Waals surface area contributed by atoms with Gasteiger partial charge in [-0.05, 0) is 13.0 Å². The van der Waals surface area contributed by atoms with E-state index in [-0.39, 0.29) is 0 Å². The molecule has 3 rings (SSSR count). The minimum absolute atomic E-state index is 0.319. The zero-order valence-electron chi connectivity index (χ0n) is 10.8. The SMILES string of the molecule is Cc1csc(Nc2c(C(N)=S)cnc3ccccc23)n1. The van der Waals surface area contributed by atoms with E-state index in [9.17, 15) is 0 Å². The number of anilines is 2. The van der Waals surface area contributed by atoms with Crippen LogP contribution in [0, 0.1) is 6.92 Å². The number of aromatic nitrogens is 2. The van der Waals surface area contributed by atoms with Crippen molar-refractivity contribution in [3.05, 3.63) is 47.1 Å². The first-order valence-corrected chi connectivity index (χ1v) is 7.30. The molecular formula is C14H12N4S2. The van der Waals surface area contributed by atoms with Gasteiger partial charge in [0.1, 0.15) is 4.99 Å². The van der Waals surface area contributed by atoms with Crippen LogP contribution in [0.5, 0.6) is 0 Å². The molecular weight excluding hydrogens is 288 g/mol. The summed E-state index contributed by atoms with van der Waals surface area (Å²) in [6.45, 7) is 1.96. The number of rotatable bonds is 3. The van der Waals surface area contributed by atoms with Crippen LogP contribution in [0.1, 0.15) is 11.3 Å². The third-order valence-electron chi connectivity index (χ3n) is 2.89. The highest BCUT2D eigenvalue weighted by Crippen LogP contribution is 2.30. The summed E-state index contributed by atoms with van der Waals surface area (Å²) in [5.41, 5.74) is 9.26. The first kappa shape index (κ1) is 13.0. The normalized spacial score (nSPS) is 10.7. The zero-order chi connectivity index (χ0) is 14.1. The Morgan fingerprint density at radius 3 is 2.85 bits per heavy atom. The van der Waals surface area contributed by atoms with Crippen LogP contribution in [0.4, 0.5) is 10.8 Å². The van der Waals surface area contributed by atoms with Crippen LogP contribution in [0.2, 0.25) is 0 Å². The molecule has 0 unspecified atom stereocenters. The van der Waals surface area contributed by atoms with E-state index in [0.29, 0.717) is 4.99 Å². The summed E-state index contributed by atoms with van der Waals surface area (Å²) < 4.78 is 0. The molecule has 0 aliphatic heterocycles. The molecule has 3 aromatic rings. The Morgan fingerprint density at radius 2 is 2.15 bits per heavy atom. The standard InChI is InChI=1S/C14H12N4S2/c1-8-7-20-14(17-8)18-12-9-4-2-3-5-11(9)16-6-10(12)13(15)19/h2-7H,1H3,(H2,15,19)(H,16,17,18). The Balaban J connectivity index is 2.19. The first-order valence-electron chi connectivity index (χ1n) is 6.02. The van der Waals surface area contributed by atoms with Crippen LogP contribution < -0.4 is 11.1 Å². The molecule has 0 saturated heterocycles. The fraction of sp³-hybridized carbons (Fsp3) is 0.0714. The number of para-hydroxylation sites is 1. The molecule has 1 aromatic carbocycles. The van der Waals surface area contributed by atoms with Crippen molar-refractivity contribution in [2.24, 2.45) is 5.73 Å². The molecule has 3 N–H and O–H groups in total. The van der Waals surface area contributed by atoms with Gasteiger partial charge in [0.15, 0.2) is 5.13 Å². The average Bonchev–Trinajstić information content (AvgIpc) is 2.84. The van der Waals surface area contributed by atoms with E-state index in [4.69, 9.17) is 18.0 Å². The summed E-state index contributed by atoms with van der Waals surface area (Å²) in [7, 11) is 0. The van der Waals surface area contributed by atoms with Crippen LogP contribution in [0.15, 0.2) is 35.8 Å². The third-order valence-corrected chi connectivity index (χ3v) is 3.99. The van der Waals surface area contributed by atoms with E-state index in [2.05, 4.69) is 15.3 Å². The van der Waals surface area contributed by atoms with Crippen molar-refractivity contribution in [1.82, 2.24) is 9.97 Å². The Morgan fingerprint density at radius 1 is 1.35 bits per heavy atom. The van der Waals surface area contributed by atoms with E-state index in [0.717, 1.165) is 33.0 Å². The fourth-order valence-electron chi connectivity index (χ4n) is 1.98. The smallest absolute Gasteiger partial charge is 0.187 e. The van der Waals surface area contributed by atoms with Crippen LogP contribution in [0.3, 0.4) is 0 Å². The maximum Gasteiger partial charge on any atom is 0.187 e. The molecule has 0 aliphatic carbocycles. The van der Waals surface area contributed by atoms with Crippen molar-refractivity contribution in [3.63, 3.8) is 0 Å². The molecule has 4 nitrogen and oxygen atoms in total. The number of aryl methyl sites for hydroxylation is 1. The lowest BCUT2D eigenvalue weighted by Gasteiger charge is -2.12. The van der Waals surface area contributed by atoms with Gasteiger partial charge < -0.3 is 11.1 Å². The molecule has 0 atom stereocenters. The summed E-state index contributed by atoms with van der Waals surface area (Å²) in [5, 5.41) is 7.10. The van der Waals surface area contributed by atoms with Crippen molar-refractivity contribution in [2.45, 2.75) is 6.92 Å². The second-order valence-corrected chi connectivity index (χ2v) is 5.65. The van der Waals surface area contributed by atoms with Crippen molar-refractivity contribution < 1.29 is 0 Å². The molecule has 0 saturated carbocycles. The number of nitrogens with two attached hydrogens (primary N) is 1. The zero-order valence-corrected chi connectivity index (χ0v) is 12.4. The van der Waals surface area contributed by atoms with Crippen LogP contribution in [0.25, 0.3) is 10.9 Å². The van der Waals surface area contributed by atoms with Gasteiger partial charge in [0.05, 0.1) is 22.5 Å². The number of benzene rings is 1. The van der Waals surface area contributed by atoms with Crippen molar-refractivity contribution >= 4 is 50.3 Å². The number of fused-ring (bicyclic) bond motifs is 1. The number of thiocarbonyl (C=S) groups is 1. The van der Waals surface area contributed by atoms with Gasteiger partial charge in [-0.15, -0.1) is 11.3 Å². The fourth-order valence-corrected chi connectivity index (χ4v) is 2.83. The van der Waals surface area contributed by atoms with Gasteiger partial charge in [-0.2, -0.15) is 0 Å². The molecule has 0 spiro atoms. The number of pyridine rings is 1. The summed E-state index contributed by atoms with van der Waals surface area (Å²) in [5.74, 6) is 0. The summed E-state index contributed by atoms with van der Waals surface area (Å²) in [4.78, 5) is 9.12. The molecule has 0 radical (unpaired) electrons. The third kappa shape index (κ3) is 2.35. The van der Waals surface area contributed by atoms with Crippen LogP contribution >= 0.6 is 23.6 Å². The molecule has 0 amide bonds. The van der Waals surface area contributed by atoms with E-state index >= 15 is 0 Å². The average molecular weight is 300 g/mol. The van der Waals surface area contributed by atoms with Gasteiger partial charge in [0.25, 0.3) is 0 Å². The van der Waals surface area contributed by atoms with E-state index in [1.165, 1.54) is 0 Å². The number of nitrogens with zero attached hydrogens (tertiary/aromatic N) is 2. The Hall–Kier alpha value is -2.05. The number of thiazole rings is 1. The van der Waals surface area contributed by atoms with Crippen LogP contribution in [-0.4, -0.2) is 15.0 Å². The van der Waals surface area contributed by atoms with Gasteiger partial charge in [-0.1, -0.05) is 30.4 Å². The molecule has 2 heterocycles. The lowest BCUT2D eigenvalue weighted by Crippen LogP contribution is -2.12. The lowest BCUT2D eigenvalue weighted by atomic mass is 10.1. The molecule has 0 fully saturated rings. The monoisotopic (exact) mass is 300 g/mol. The minimum Gasteiger partial charge on any atom is -0.389 e.